The van der Waals surface area contributed by atoms with Crippen molar-refractivity contribution in [1.82, 2.24) is 0 Å². The minimum Gasteiger partial charge on any atom is -0.377 e. The van der Waals surface area contributed by atoms with Crippen LogP contribution < -0.4 is 5.32 Å². The monoisotopic (exact) mass is 359 g/mol. The molecular weight excluding hydrogens is 342 g/mol. The summed E-state index contributed by atoms with van der Waals surface area (Å²) in [4.78, 5) is 2.83. The molecule has 3 heteroatoms. The predicted octanol–water partition coefficient (Wildman–Crippen LogP) is 6.40. The van der Waals surface area contributed by atoms with E-state index in [-0.39, 0.29) is 0 Å². The van der Waals surface area contributed by atoms with Crippen molar-refractivity contribution in [2.24, 2.45) is 0 Å². The Bertz CT molecular complexity index is 763. The molecule has 1 atom stereocenters. The van der Waals surface area contributed by atoms with E-state index in [1.165, 1.54) is 26.2 Å². The number of aryl methyl sites for hydroxylation is 1. The van der Waals surface area contributed by atoms with Crippen molar-refractivity contribution in [1.29, 1.82) is 0 Å². The summed E-state index contributed by atoms with van der Waals surface area (Å²) in [6, 6.07) is 17.5. The zero-order valence-corrected chi connectivity index (χ0v) is 14.6. The van der Waals surface area contributed by atoms with Gasteiger partial charge in [0.1, 0.15) is 0 Å². The van der Waals surface area contributed by atoms with Crippen LogP contribution in [-0.4, -0.2) is 0 Å². The lowest BCUT2D eigenvalue weighted by Crippen LogP contribution is -2.05. The maximum absolute atomic E-state index is 3.66. The normalized spacial score (nSPS) is 12.5. The Hall–Kier alpha value is -1.32. The van der Waals surface area contributed by atoms with Crippen molar-refractivity contribution >= 4 is 43.7 Å². The summed E-state index contributed by atoms with van der Waals surface area (Å²) in [6.45, 7) is 4.43. The highest BCUT2D eigenvalue weighted by molar-refractivity contribution is 9.10. The van der Waals surface area contributed by atoms with Gasteiger partial charge in [0.15, 0.2) is 0 Å². The van der Waals surface area contributed by atoms with Gasteiger partial charge >= 0.3 is 0 Å². The fourth-order valence-corrected chi connectivity index (χ4v) is 3.94. The number of fused-ring (bicyclic) bond motifs is 1. The molecule has 0 spiro atoms. The zero-order valence-electron chi connectivity index (χ0n) is 12.2. The molecule has 1 heterocycles. The lowest BCUT2D eigenvalue weighted by atomic mass is 10.1. The molecule has 0 amide bonds. The average Bonchev–Trinajstić information content (AvgIpc) is 2.99. The minimum atomic E-state index is 0.319. The van der Waals surface area contributed by atoms with E-state index in [9.17, 15) is 0 Å². The molecule has 0 aliphatic carbocycles. The molecule has 0 bridgehead atoms. The van der Waals surface area contributed by atoms with E-state index in [4.69, 9.17) is 0 Å². The molecule has 0 fully saturated rings. The second-order valence-corrected chi connectivity index (χ2v) is 7.22. The fourth-order valence-electron chi connectivity index (χ4n) is 2.51. The van der Waals surface area contributed by atoms with Gasteiger partial charge in [-0.2, -0.15) is 0 Å². The molecule has 0 aliphatic heterocycles. The van der Waals surface area contributed by atoms with Crippen molar-refractivity contribution < 1.29 is 0 Å². The van der Waals surface area contributed by atoms with Crippen LogP contribution in [0.1, 0.15) is 29.6 Å². The van der Waals surface area contributed by atoms with Crippen LogP contribution in [0.5, 0.6) is 0 Å². The molecule has 1 N–H and O–H groups in total. The van der Waals surface area contributed by atoms with Crippen LogP contribution in [-0.2, 0) is 6.42 Å². The maximum atomic E-state index is 3.66. The number of hydrogen-bond donors (Lipinski definition) is 1. The Balaban J connectivity index is 1.92. The number of hydrogen-bond acceptors (Lipinski definition) is 2. The van der Waals surface area contributed by atoms with Crippen LogP contribution in [0.3, 0.4) is 0 Å². The van der Waals surface area contributed by atoms with Crippen LogP contribution in [0.4, 0.5) is 5.69 Å². The number of thiophene rings is 1. The summed E-state index contributed by atoms with van der Waals surface area (Å²) in [5.74, 6) is 0. The molecule has 1 aromatic heterocycles. The third kappa shape index (κ3) is 2.99. The molecule has 3 aromatic rings. The summed E-state index contributed by atoms with van der Waals surface area (Å²) in [7, 11) is 0. The molecule has 0 aliphatic rings. The van der Waals surface area contributed by atoms with Gasteiger partial charge in [-0.1, -0.05) is 47.1 Å². The molecule has 3 rings (SSSR count). The molecule has 0 saturated heterocycles. The van der Waals surface area contributed by atoms with Gasteiger partial charge in [-0.25, -0.2) is 0 Å². The summed E-state index contributed by atoms with van der Waals surface area (Å²) < 4.78 is 1.14. The van der Waals surface area contributed by atoms with Crippen LogP contribution in [0.15, 0.2) is 53.0 Å². The maximum Gasteiger partial charge on any atom is 0.0578 e. The summed E-state index contributed by atoms with van der Waals surface area (Å²) in [6.07, 6.45) is 1.11. The van der Waals surface area contributed by atoms with Gasteiger partial charge < -0.3 is 5.32 Å². The molecule has 2 aromatic carbocycles. The Morgan fingerprint density at radius 2 is 1.81 bits per heavy atom. The van der Waals surface area contributed by atoms with Gasteiger partial charge in [0.25, 0.3) is 0 Å². The Kier molecular flexibility index (Phi) is 4.32. The molecular formula is C18H18BrNS. The van der Waals surface area contributed by atoms with E-state index in [0.29, 0.717) is 6.04 Å². The Morgan fingerprint density at radius 1 is 1.05 bits per heavy atom. The second kappa shape index (κ2) is 6.20. The van der Waals surface area contributed by atoms with Crippen molar-refractivity contribution in [2.45, 2.75) is 26.3 Å². The van der Waals surface area contributed by atoms with Gasteiger partial charge in [0, 0.05) is 25.3 Å². The highest BCUT2D eigenvalue weighted by atomic mass is 79.9. The zero-order chi connectivity index (χ0) is 14.8. The molecule has 0 saturated carbocycles. The number of rotatable bonds is 4. The van der Waals surface area contributed by atoms with Crippen molar-refractivity contribution in [3.63, 3.8) is 0 Å². The van der Waals surface area contributed by atoms with Gasteiger partial charge in [-0.05, 0) is 43.0 Å². The van der Waals surface area contributed by atoms with E-state index in [0.717, 1.165) is 10.9 Å². The molecule has 1 nitrogen and oxygen atoms in total. The van der Waals surface area contributed by atoms with E-state index in [2.05, 4.69) is 83.6 Å². The van der Waals surface area contributed by atoms with Gasteiger partial charge in [-0.3, -0.25) is 0 Å². The van der Waals surface area contributed by atoms with Gasteiger partial charge in [-0.15, -0.1) is 11.3 Å². The highest BCUT2D eigenvalue weighted by Crippen LogP contribution is 2.33. The Morgan fingerprint density at radius 3 is 2.52 bits per heavy atom. The number of halogens is 1. The summed E-state index contributed by atoms with van der Waals surface area (Å²) in [5, 5.41) is 6.16. The van der Waals surface area contributed by atoms with Crippen LogP contribution in [0.25, 0.3) is 10.8 Å². The lowest BCUT2D eigenvalue weighted by Gasteiger charge is -2.16. The van der Waals surface area contributed by atoms with Crippen molar-refractivity contribution in [2.75, 3.05) is 5.32 Å². The number of nitrogens with one attached hydrogen (secondary N) is 1. The SMILES string of the molecule is CCc1ccc(C(C)Nc2ccc(Br)c3ccccc23)s1. The average molecular weight is 360 g/mol. The van der Waals surface area contributed by atoms with E-state index < -0.39 is 0 Å². The molecule has 21 heavy (non-hydrogen) atoms. The van der Waals surface area contributed by atoms with E-state index >= 15 is 0 Å². The number of benzene rings is 2. The van der Waals surface area contributed by atoms with Crippen LogP contribution >= 0.6 is 27.3 Å². The third-order valence-corrected chi connectivity index (χ3v) is 5.80. The largest absolute Gasteiger partial charge is 0.377 e. The standard InChI is InChI=1S/C18H18BrNS/c1-3-13-8-11-18(21-13)12(2)20-17-10-9-16(19)14-6-4-5-7-15(14)17/h4-12,20H,3H2,1-2H3. The summed E-state index contributed by atoms with van der Waals surface area (Å²) in [5.41, 5.74) is 1.19. The van der Waals surface area contributed by atoms with Crippen LogP contribution in [0, 0.1) is 0 Å². The van der Waals surface area contributed by atoms with Crippen molar-refractivity contribution in [3.05, 3.63) is 62.8 Å². The molecule has 0 radical (unpaired) electrons. The smallest absolute Gasteiger partial charge is 0.0578 e. The number of anilines is 1. The first-order valence-electron chi connectivity index (χ1n) is 7.21. The first kappa shape index (κ1) is 14.6. The predicted molar refractivity (Wildman–Crippen MR) is 97.4 cm³/mol. The van der Waals surface area contributed by atoms with E-state index in [1.807, 2.05) is 11.3 Å². The van der Waals surface area contributed by atoms with E-state index in [1.54, 1.807) is 0 Å². The fraction of sp³-hybridized carbons (Fsp3) is 0.222. The topological polar surface area (TPSA) is 12.0 Å². The second-order valence-electron chi connectivity index (χ2n) is 5.16. The quantitative estimate of drug-likeness (QED) is 0.568. The van der Waals surface area contributed by atoms with Gasteiger partial charge in [0.2, 0.25) is 0 Å². The summed E-state index contributed by atoms with van der Waals surface area (Å²) >= 11 is 5.53. The van der Waals surface area contributed by atoms with Crippen molar-refractivity contribution in [3.8, 4) is 0 Å². The molecule has 1 unspecified atom stereocenters. The third-order valence-electron chi connectivity index (χ3n) is 3.70. The first-order chi connectivity index (χ1) is 10.2. The lowest BCUT2D eigenvalue weighted by molar-refractivity contribution is 0.910. The Labute approximate surface area is 138 Å². The van der Waals surface area contributed by atoms with Gasteiger partial charge in [0.05, 0.1) is 6.04 Å². The first-order valence-corrected chi connectivity index (χ1v) is 8.82. The van der Waals surface area contributed by atoms with Crippen LogP contribution in [0.2, 0.25) is 0 Å². The minimum absolute atomic E-state index is 0.319. The highest BCUT2D eigenvalue weighted by Gasteiger charge is 2.10. The molecule has 108 valence electrons.